The molecule has 0 aliphatic heterocycles. The molecule has 2 nitrogen and oxygen atoms in total. The average Bonchev–Trinajstić information content (AvgIpc) is 2.27. The van der Waals surface area contributed by atoms with Gasteiger partial charge in [-0.25, -0.2) is 0 Å². The molecule has 0 atom stereocenters. The lowest BCUT2D eigenvalue weighted by molar-refractivity contribution is 0.413. The third-order valence-electron chi connectivity index (χ3n) is 2.81. The van der Waals surface area contributed by atoms with Crippen LogP contribution in [-0.4, -0.2) is 20.2 Å². The smallest absolute Gasteiger partial charge is 0.142 e. The molecule has 0 unspecified atom stereocenters. The molecule has 0 bridgehead atoms. The summed E-state index contributed by atoms with van der Waals surface area (Å²) < 4.78 is 5.42. The zero-order chi connectivity index (χ0) is 11.4. The number of nitrogens with zero attached hydrogens (tertiary/aromatic N) is 1. The molecule has 0 radical (unpaired) electrons. The van der Waals surface area contributed by atoms with Crippen molar-refractivity contribution in [1.82, 2.24) is 0 Å². The lowest BCUT2D eigenvalue weighted by atomic mass is 10.1. The molecule has 0 N–H and O–H groups in total. The van der Waals surface area contributed by atoms with Crippen molar-refractivity contribution in [3.05, 3.63) is 23.8 Å². The normalized spacial score (nSPS) is 10.5. The van der Waals surface area contributed by atoms with Crippen LogP contribution >= 0.6 is 0 Å². The van der Waals surface area contributed by atoms with Crippen LogP contribution in [0.5, 0.6) is 5.75 Å². The van der Waals surface area contributed by atoms with Crippen molar-refractivity contribution in [2.24, 2.45) is 0 Å². The van der Waals surface area contributed by atoms with E-state index in [0.717, 1.165) is 17.9 Å². The zero-order valence-electron chi connectivity index (χ0n) is 10.4. The average molecular weight is 207 g/mol. The van der Waals surface area contributed by atoms with Gasteiger partial charge in [-0.15, -0.1) is 0 Å². The van der Waals surface area contributed by atoms with Crippen LogP contribution in [0.2, 0.25) is 0 Å². The molecule has 15 heavy (non-hydrogen) atoms. The summed E-state index contributed by atoms with van der Waals surface area (Å²) in [7, 11) is 3.82. The molecule has 0 heterocycles. The van der Waals surface area contributed by atoms with E-state index in [1.807, 2.05) is 0 Å². The van der Waals surface area contributed by atoms with Gasteiger partial charge in [0.05, 0.1) is 12.8 Å². The highest BCUT2D eigenvalue weighted by Gasteiger charge is 2.10. The molecule has 0 aromatic heterocycles. The molecule has 1 rings (SSSR count). The Hall–Kier alpha value is -1.18. The lowest BCUT2D eigenvalue weighted by Crippen LogP contribution is -2.26. The van der Waals surface area contributed by atoms with Gasteiger partial charge in [0.1, 0.15) is 5.75 Å². The second-order valence-corrected chi connectivity index (χ2v) is 4.06. The van der Waals surface area contributed by atoms with Crippen molar-refractivity contribution in [3.8, 4) is 5.75 Å². The molecule has 0 amide bonds. The molecule has 84 valence electrons. The van der Waals surface area contributed by atoms with Crippen molar-refractivity contribution < 1.29 is 4.74 Å². The predicted molar refractivity (Wildman–Crippen MR) is 65.9 cm³/mol. The quantitative estimate of drug-likeness (QED) is 0.752. The molecular formula is C13H21NO. The monoisotopic (exact) mass is 207 g/mol. The van der Waals surface area contributed by atoms with E-state index >= 15 is 0 Å². The maximum absolute atomic E-state index is 5.42. The molecule has 0 spiro atoms. The number of rotatable bonds is 4. The SMILES string of the molecule is CCc1ccc(N(C)C(C)C)c(OC)c1. The van der Waals surface area contributed by atoms with Gasteiger partial charge in [0.25, 0.3) is 0 Å². The molecule has 0 saturated carbocycles. The van der Waals surface area contributed by atoms with Crippen molar-refractivity contribution >= 4 is 5.69 Å². The summed E-state index contributed by atoms with van der Waals surface area (Å²) in [4.78, 5) is 2.22. The van der Waals surface area contributed by atoms with Crippen LogP contribution in [0, 0.1) is 0 Å². The Morgan fingerprint density at radius 1 is 1.33 bits per heavy atom. The summed E-state index contributed by atoms with van der Waals surface area (Å²) in [6, 6.07) is 6.90. The van der Waals surface area contributed by atoms with Crippen LogP contribution in [0.15, 0.2) is 18.2 Å². The minimum absolute atomic E-state index is 0.478. The fraction of sp³-hybridized carbons (Fsp3) is 0.538. The van der Waals surface area contributed by atoms with E-state index in [1.165, 1.54) is 5.56 Å². The van der Waals surface area contributed by atoms with Gasteiger partial charge in [-0.05, 0) is 38.0 Å². The highest BCUT2D eigenvalue weighted by Crippen LogP contribution is 2.29. The van der Waals surface area contributed by atoms with Gasteiger partial charge in [0.2, 0.25) is 0 Å². The van der Waals surface area contributed by atoms with Gasteiger partial charge >= 0.3 is 0 Å². The molecular weight excluding hydrogens is 186 g/mol. The van der Waals surface area contributed by atoms with Gasteiger partial charge in [-0.2, -0.15) is 0 Å². The summed E-state index contributed by atoms with van der Waals surface area (Å²) in [5.41, 5.74) is 2.47. The van der Waals surface area contributed by atoms with E-state index in [-0.39, 0.29) is 0 Å². The fourth-order valence-electron chi connectivity index (χ4n) is 1.51. The molecule has 2 heteroatoms. The van der Waals surface area contributed by atoms with Crippen LogP contribution in [0.25, 0.3) is 0 Å². The van der Waals surface area contributed by atoms with Gasteiger partial charge in [-0.3, -0.25) is 0 Å². The second-order valence-electron chi connectivity index (χ2n) is 4.06. The van der Waals surface area contributed by atoms with E-state index in [4.69, 9.17) is 4.74 Å². The molecule has 0 fully saturated rings. The van der Waals surface area contributed by atoms with Crippen LogP contribution in [0.3, 0.4) is 0 Å². The zero-order valence-corrected chi connectivity index (χ0v) is 10.4. The largest absolute Gasteiger partial charge is 0.495 e. The number of benzene rings is 1. The van der Waals surface area contributed by atoms with Gasteiger partial charge < -0.3 is 9.64 Å². The van der Waals surface area contributed by atoms with Crippen molar-refractivity contribution in [3.63, 3.8) is 0 Å². The highest BCUT2D eigenvalue weighted by molar-refractivity contribution is 5.59. The van der Waals surface area contributed by atoms with E-state index in [0.29, 0.717) is 6.04 Å². The highest BCUT2D eigenvalue weighted by atomic mass is 16.5. The third-order valence-corrected chi connectivity index (χ3v) is 2.81. The van der Waals surface area contributed by atoms with E-state index in [1.54, 1.807) is 7.11 Å². The first-order valence-corrected chi connectivity index (χ1v) is 5.49. The molecule has 1 aromatic rings. The summed E-state index contributed by atoms with van der Waals surface area (Å²) in [5.74, 6) is 0.963. The molecule has 0 aliphatic rings. The first-order chi connectivity index (χ1) is 7.10. The minimum atomic E-state index is 0.478. The molecule has 0 aliphatic carbocycles. The van der Waals surface area contributed by atoms with Crippen molar-refractivity contribution in [1.29, 1.82) is 0 Å². The predicted octanol–water partition coefficient (Wildman–Crippen LogP) is 3.10. The summed E-state index contributed by atoms with van der Waals surface area (Å²) in [6.07, 6.45) is 1.04. The second kappa shape index (κ2) is 5.06. The Labute approximate surface area is 92.9 Å². The van der Waals surface area contributed by atoms with Crippen molar-refractivity contribution in [2.75, 3.05) is 19.1 Å². The van der Waals surface area contributed by atoms with Gasteiger partial charge in [0, 0.05) is 13.1 Å². The van der Waals surface area contributed by atoms with Gasteiger partial charge in [-0.1, -0.05) is 13.0 Å². The Kier molecular flexibility index (Phi) is 4.01. The van der Waals surface area contributed by atoms with E-state index < -0.39 is 0 Å². The minimum Gasteiger partial charge on any atom is -0.495 e. The number of hydrogen-bond donors (Lipinski definition) is 0. The summed E-state index contributed by atoms with van der Waals surface area (Å²) >= 11 is 0. The lowest BCUT2D eigenvalue weighted by Gasteiger charge is -2.26. The number of ether oxygens (including phenoxy) is 1. The van der Waals surface area contributed by atoms with Crippen LogP contribution < -0.4 is 9.64 Å². The summed E-state index contributed by atoms with van der Waals surface area (Å²) in [6.45, 7) is 6.50. The molecule has 1 aromatic carbocycles. The standard InChI is InChI=1S/C13H21NO/c1-6-11-7-8-12(13(9-11)15-5)14(4)10(2)3/h7-10H,6H2,1-5H3. The molecule has 0 saturated heterocycles. The number of anilines is 1. The van der Waals surface area contributed by atoms with E-state index in [2.05, 4.69) is 50.9 Å². The first-order valence-electron chi connectivity index (χ1n) is 5.49. The Morgan fingerprint density at radius 3 is 2.47 bits per heavy atom. The maximum atomic E-state index is 5.42. The van der Waals surface area contributed by atoms with Crippen LogP contribution in [0.1, 0.15) is 26.3 Å². The Morgan fingerprint density at radius 2 is 2.00 bits per heavy atom. The number of aryl methyl sites for hydroxylation is 1. The topological polar surface area (TPSA) is 12.5 Å². The number of hydrogen-bond acceptors (Lipinski definition) is 2. The first kappa shape index (κ1) is 11.9. The maximum Gasteiger partial charge on any atom is 0.142 e. The van der Waals surface area contributed by atoms with Crippen LogP contribution in [0.4, 0.5) is 5.69 Å². The summed E-state index contributed by atoms with van der Waals surface area (Å²) in [5, 5.41) is 0. The third kappa shape index (κ3) is 2.65. The Balaban J connectivity index is 3.07. The fourth-order valence-corrected chi connectivity index (χ4v) is 1.51. The van der Waals surface area contributed by atoms with Crippen molar-refractivity contribution in [2.45, 2.75) is 33.2 Å². The van der Waals surface area contributed by atoms with E-state index in [9.17, 15) is 0 Å². The number of methoxy groups -OCH3 is 1. The van der Waals surface area contributed by atoms with Gasteiger partial charge in [0.15, 0.2) is 0 Å². The van der Waals surface area contributed by atoms with Crippen LogP contribution in [-0.2, 0) is 6.42 Å². The Bertz CT molecular complexity index is 320.